The Hall–Kier alpha value is -1.46. The fourth-order valence-corrected chi connectivity index (χ4v) is 5.94. The third-order valence-corrected chi connectivity index (χ3v) is 7.86. The lowest BCUT2D eigenvalue weighted by Crippen LogP contribution is -2.26. The first-order valence-electron chi connectivity index (χ1n) is 12.5. The summed E-state index contributed by atoms with van der Waals surface area (Å²) in [4.78, 5) is 0. The Morgan fingerprint density at radius 1 is 0.727 bits per heavy atom. The van der Waals surface area contributed by atoms with Gasteiger partial charge in [0.2, 0.25) is 0 Å². The lowest BCUT2D eigenvalue weighted by molar-refractivity contribution is -0.142. The van der Waals surface area contributed by atoms with Crippen molar-refractivity contribution in [2.45, 2.75) is 89.6 Å². The first-order chi connectivity index (χ1) is 15.8. The summed E-state index contributed by atoms with van der Waals surface area (Å²) < 4.78 is 77.9. The van der Waals surface area contributed by atoms with E-state index in [-0.39, 0.29) is 6.67 Å². The van der Waals surface area contributed by atoms with Crippen LogP contribution < -0.4 is 0 Å². The van der Waals surface area contributed by atoms with Gasteiger partial charge in [0.1, 0.15) is 17.2 Å². The van der Waals surface area contributed by atoms with E-state index in [1.54, 1.807) is 0 Å². The fourth-order valence-electron chi connectivity index (χ4n) is 5.94. The monoisotopic (exact) mass is 474 g/mol. The van der Waals surface area contributed by atoms with Crippen LogP contribution in [0.2, 0.25) is 0 Å². The summed E-state index contributed by atoms with van der Waals surface area (Å²) in [5, 5.41) is 0. The molecule has 0 N–H and O–H groups in total. The molecule has 0 radical (unpaired) electrons. The van der Waals surface area contributed by atoms with Gasteiger partial charge in [-0.05, 0) is 99.2 Å². The minimum absolute atomic E-state index is 0.282. The lowest BCUT2D eigenvalue weighted by Gasteiger charge is -2.38. The molecule has 0 amide bonds. The molecule has 2 saturated carbocycles. The van der Waals surface area contributed by atoms with Crippen LogP contribution in [0.5, 0.6) is 0 Å². The molecule has 0 saturated heterocycles. The van der Waals surface area contributed by atoms with Crippen LogP contribution in [-0.4, -0.2) is 6.67 Å². The summed E-state index contributed by atoms with van der Waals surface area (Å²) in [5.41, 5.74) is -1.49. The number of halogens is 6. The van der Waals surface area contributed by atoms with Crippen molar-refractivity contribution in [1.82, 2.24) is 0 Å². The molecule has 0 atom stereocenters. The van der Waals surface area contributed by atoms with Crippen molar-refractivity contribution in [2.75, 3.05) is 6.67 Å². The van der Waals surface area contributed by atoms with Gasteiger partial charge in [0.15, 0.2) is 0 Å². The molecule has 0 aromatic heterocycles. The highest BCUT2D eigenvalue weighted by atomic mass is 19.4. The van der Waals surface area contributed by atoms with Crippen LogP contribution in [0, 0.1) is 35.3 Å². The van der Waals surface area contributed by atoms with E-state index < -0.39 is 23.4 Å². The van der Waals surface area contributed by atoms with E-state index in [4.69, 9.17) is 0 Å². The van der Waals surface area contributed by atoms with Crippen molar-refractivity contribution >= 4 is 0 Å². The van der Waals surface area contributed by atoms with Crippen molar-refractivity contribution in [3.05, 3.63) is 47.0 Å². The van der Waals surface area contributed by atoms with Crippen molar-refractivity contribution in [3.8, 4) is 0 Å². The summed E-state index contributed by atoms with van der Waals surface area (Å²) in [6.07, 6.45) is 12.7. The number of aryl methyl sites for hydroxylation is 1. The quantitative estimate of drug-likeness (QED) is 0.247. The molecule has 1 aromatic rings. The second-order valence-corrected chi connectivity index (χ2v) is 10.1. The standard InChI is InChI=1S/C27H36F6/c28-16-4-2-1-3-5-19-8-12-22(13-9-19)23-14-10-20(11-15-23)6-7-21-17-24(29)26(25(30)18-21)27(31,32)33/h1-2,17-20,22-23H,3-16H2. The number of benzene rings is 1. The molecule has 0 unspecified atom stereocenters. The van der Waals surface area contributed by atoms with E-state index in [1.165, 1.54) is 44.9 Å². The molecule has 33 heavy (non-hydrogen) atoms. The van der Waals surface area contributed by atoms with Gasteiger partial charge in [-0.25, -0.2) is 8.78 Å². The smallest absolute Gasteiger partial charge is 0.251 e. The molecule has 3 rings (SSSR count). The van der Waals surface area contributed by atoms with E-state index in [1.807, 2.05) is 6.08 Å². The first-order valence-corrected chi connectivity index (χ1v) is 12.5. The van der Waals surface area contributed by atoms with Crippen molar-refractivity contribution < 1.29 is 26.3 Å². The van der Waals surface area contributed by atoms with Crippen LogP contribution in [0.1, 0.15) is 88.2 Å². The predicted octanol–water partition coefficient (Wildman–Crippen LogP) is 9.22. The molecular formula is C27H36F6. The molecular weight excluding hydrogens is 438 g/mol. The van der Waals surface area contributed by atoms with Gasteiger partial charge >= 0.3 is 6.18 Å². The largest absolute Gasteiger partial charge is 0.422 e. The van der Waals surface area contributed by atoms with Gasteiger partial charge in [0.05, 0.1) is 6.67 Å². The molecule has 0 spiro atoms. The van der Waals surface area contributed by atoms with Crippen LogP contribution in [0.25, 0.3) is 0 Å². The number of hydrogen-bond acceptors (Lipinski definition) is 0. The maximum Gasteiger partial charge on any atom is 0.422 e. The Morgan fingerprint density at radius 2 is 1.21 bits per heavy atom. The minimum Gasteiger partial charge on any atom is -0.251 e. The molecule has 0 bridgehead atoms. The van der Waals surface area contributed by atoms with E-state index in [0.717, 1.165) is 55.6 Å². The zero-order valence-corrected chi connectivity index (χ0v) is 19.3. The van der Waals surface area contributed by atoms with Gasteiger partial charge in [0.25, 0.3) is 0 Å². The maximum absolute atomic E-state index is 13.8. The molecule has 0 heterocycles. The summed E-state index contributed by atoms with van der Waals surface area (Å²) >= 11 is 0. The number of rotatable bonds is 9. The molecule has 0 aliphatic heterocycles. The maximum atomic E-state index is 13.8. The average molecular weight is 475 g/mol. The summed E-state index contributed by atoms with van der Waals surface area (Å²) in [7, 11) is 0. The van der Waals surface area contributed by atoms with E-state index in [0.29, 0.717) is 24.3 Å². The highest BCUT2D eigenvalue weighted by Gasteiger charge is 2.38. The molecule has 2 fully saturated rings. The number of allylic oxidation sites excluding steroid dienone is 2. The Kier molecular flexibility index (Phi) is 9.75. The Labute approximate surface area is 193 Å². The number of hydrogen-bond donors (Lipinski definition) is 0. The highest BCUT2D eigenvalue weighted by Crippen LogP contribution is 2.43. The van der Waals surface area contributed by atoms with E-state index in [2.05, 4.69) is 6.08 Å². The molecule has 2 aliphatic carbocycles. The molecule has 0 nitrogen and oxygen atoms in total. The van der Waals surface area contributed by atoms with Crippen molar-refractivity contribution in [1.29, 1.82) is 0 Å². The fraction of sp³-hybridized carbons (Fsp3) is 0.704. The zero-order chi connectivity index (χ0) is 23.8. The van der Waals surface area contributed by atoms with E-state index in [9.17, 15) is 26.3 Å². The second kappa shape index (κ2) is 12.3. The van der Waals surface area contributed by atoms with Crippen LogP contribution in [-0.2, 0) is 12.6 Å². The third-order valence-electron chi connectivity index (χ3n) is 7.86. The van der Waals surface area contributed by atoms with Crippen LogP contribution >= 0.6 is 0 Å². The Balaban J connectivity index is 1.37. The normalized spacial score (nSPS) is 26.7. The van der Waals surface area contributed by atoms with Gasteiger partial charge in [-0.3, -0.25) is 4.39 Å². The van der Waals surface area contributed by atoms with Crippen LogP contribution in [0.15, 0.2) is 24.3 Å². The SMILES string of the molecule is FCCC=CCCC1CCC(C2CCC(CCc3cc(F)c(C(F)(F)F)c(F)c3)CC2)CC1. The van der Waals surface area contributed by atoms with Gasteiger partial charge in [-0.15, -0.1) is 0 Å². The van der Waals surface area contributed by atoms with Crippen LogP contribution in [0.4, 0.5) is 26.3 Å². The van der Waals surface area contributed by atoms with E-state index >= 15 is 0 Å². The first kappa shape index (κ1) is 26.2. The Morgan fingerprint density at radius 3 is 1.70 bits per heavy atom. The number of alkyl halides is 4. The lowest BCUT2D eigenvalue weighted by atomic mass is 9.68. The van der Waals surface area contributed by atoms with Gasteiger partial charge < -0.3 is 0 Å². The predicted molar refractivity (Wildman–Crippen MR) is 120 cm³/mol. The zero-order valence-electron chi connectivity index (χ0n) is 19.3. The molecule has 6 heteroatoms. The van der Waals surface area contributed by atoms with Crippen molar-refractivity contribution in [3.63, 3.8) is 0 Å². The second-order valence-electron chi connectivity index (χ2n) is 10.1. The van der Waals surface area contributed by atoms with Crippen LogP contribution in [0.3, 0.4) is 0 Å². The average Bonchev–Trinajstić information content (AvgIpc) is 2.77. The topological polar surface area (TPSA) is 0 Å². The van der Waals surface area contributed by atoms with Gasteiger partial charge in [-0.1, -0.05) is 37.8 Å². The van der Waals surface area contributed by atoms with Gasteiger partial charge in [-0.2, -0.15) is 13.2 Å². The van der Waals surface area contributed by atoms with Crippen molar-refractivity contribution in [2.24, 2.45) is 23.7 Å². The summed E-state index contributed by atoms with van der Waals surface area (Å²) in [6, 6.07) is 1.68. The molecule has 186 valence electrons. The summed E-state index contributed by atoms with van der Waals surface area (Å²) in [5.74, 6) is -0.227. The Bertz CT molecular complexity index is 729. The minimum atomic E-state index is -5.02. The molecule has 2 aliphatic rings. The molecule has 1 aromatic carbocycles. The highest BCUT2D eigenvalue weighted by molar-refractivity contribution is 5.28. The third kappa shape index (κ3) is 7.78. The van der Waals surface area contributed by atoms with Gasteiger partial charge in [0, 0.05) is 0 Å². The summed E-state index contributed by atoms with van der Waals surface area (Å²) in [6.45, 7) is -0.282.